The number of rotatable bonds is 1. The summed E-state index contributed by atoms with van der Waals surface area (Å²) in [6.45, 7) is 6.20. The van der Waals surface area contributed by atoms with E-state index in [9.17, 15) is 15.0 Å². The number of esters is 1. The summed E-state index contributed by atoms with van der Waals surface area (Å²) in [5.74, 6) is 8.68. The van der Waals surface area contributed by atoms with E-state index in [1.807, 2.05) is 0 Å². The second kappa shape index (κ2) is 7.33. The molecule has 0 spiro atoms. The van der Waals surface area contributed by atoms with Gasteiger partial charge < -0.3 is 14.9 Å². The Balaban J connectivity index is 1.65. The first-order valence-corrected chi connectivity index (χ1v) is 11.2. The molecule has 0 aromatic heterocycles. The summed E-state index contributed by atoms with van der Waals surface area (Å²) >= 11 is 0. The van der Waals surface area contributed by atoms with Gasteiger partial charge in [0.25, 0.3) is 0 Å². The van der Waals surface area contributed by atoms with Crippen molar-refractivity contribution in [2.45, 2.75) is 84.3 Å². The lowest BCUT2D eigenvalue weighted by atomic mass is 9.43. The van der Waals surface area contributed by atoms with Crippen molar-refractivity contribution in [2.75, 3.05) is 6.61 Å². The van der Waals surface area contributed by atoms with Gasteiger partial charge in [0.15, 0.2) is 0 Å². The highest BCUT2D eigenvalue weighted by Gasteiger charge is 2.62. The molecule has 2 N–H and O–H groups in total. The molecule has 156 valence electrons. The van der Waals surface area contributed by atoms with E-state index in [0.717, 1.165) is 51.4 Å². The summed E-state index contributed by atoms with van der Waals surface area (Å²) in [6.07, 6.45) is 8.21. The van der Waals surface area contributed by atoms with Crippen LogP contribution in [0.25, 0.3) is 0 Å². The number of ether oxygens (including phenoxy) is 1. The maximum absolute atomic E-state index is 11.5. The number of aliphatic hydroxyl groups is 2. The van der Waals surface area contributed by atoms with Crippen LogP contribution in [0.1, 0.15) is 72.1 Å². The Morgan fingerprint density at radius 2 is 1.79 bits per heavy atom. The molecule has 0 aromatic rings. The van der Waals surface area contributed by atoms with E-state index in [2.05, 4.69) is 25.7 Å². The number of fused-ring (bicyclic) bond motifs is 5. The van der Waals surface area contributed by atoms with Gasteiger partial charge in [0.2, 0.25) is 0 Å². The largest absolute Gasteiger partial charge is 0.463 e. The van der Waals surface area contributed by atoms with Crippen LogP contribution in [0.15, 0.2) is 0 Å². The molecule has 4 aliphatic carbocycles. The van der Waals surface area contributed by atoms with Gasteiger partial charge in [-0.25, -0.2) is 0 Å². The lowest BCUT2D eigenvalue weighted by Crippen LogP contribution is -2.57. The molecule has 0 bridgehead atoms. The molecular formula is C24H36O4. The van der Waals surface area contributed by atoms with E-state index in [-0.39, 0.29) is 41.5 Å². The first-order chi connectivity index (χ1) is 13.3. The van der Waals surface area contributed by atoms with Crippen LogP contribution in [-0.2, 0) is 9.53 Å². The van der Waals surface area contributed by atoms with Gasteiger partial charge in [-0.1, -0.05) is 25.7 Å². The normalized spacial score (nSPS) is 49.8. The van der Waals surface area contributed by atoms with Crippen LogP contribution in [-0.4, -0.2) is 35.0 Å². The number of aliphatic hydroxyl groups excluding tert-OH is 2. The van der Waals surface area contributed by atoms with Gasteiger partial charge in [-0.05, 0) is 85.9 Å². The van der Waals surface area contributed by atoms with E-state index < -0.39 is 0 Å². The van der Waals surface area contributed by atoms with Crippen LogP contribution in [0.4, 0.5) is 0 Å². The van der Waals surface area contributed by atoms with Gasteiger partial charge in [0.1, 0.15) is 12.7 Å². The minimum atomic E-state index is -0.185. The molecule has 0 heterocycles. The van der Waals surface area contributed by atoms with Gasteiger partial charge in [0.05, 0.1) is 6.10 Å². The van der Waals surface area contributed by atoms with Crippen molar-refractivity contribution in [3.63, 3.8) is 0 Å². The molecule has 4 saturated carbocycles. The summed E-state index contributed by atoms with van der Waals surface area (Å²) < 4.78 is 5.59. The quantitative estimate of drug-likeness (QED) is 0.533. The van der Waals surface area contributed by atoms with E-state index in [1.165, 1.54) is 6.92 Å². The predicted molar refractivity (Wildman–Crippen MR) is 107 cm³/mol. The van der Waals surface area contributed by atoms with Gasteiger partial charge in [-0.2, -0.15) is 0 Å². The lowest BCUT2D eigenvalue weighted by Gasteiger charge is -2.62. The molecule has 28 heavy (non-hydrogen) atoms. The van der Waals surface area contributed by atoms with Gasteiger partial charge in [-0.3, -0.25) is 4.79 Å². The Morgan fingerprint density at radius 1 is 1.07 bits per heavy atom. The van der Waals surface area contributed by atoms with E-state index in [1.54, 1.807) is 0 Å². The Hall–Kier alpha value is -1.05. The van der Waals surface area contributed by atoms with E-state index >= 15 is 0 Å². The number of hydrogen-bond acceptors (Lipinski definition) is 4. The minimum Gasteiger partial charge on any atom is -0.463 e. The fourth-order valence-electron chi connectivity index (χ4n) is 7.87. The third-order valence-corrected chi connectivity index (χ3v) is 9.32. The summed E-state index contributed by atoms with van der Waals surface area (Å²) in [6, 6.07) is 0. The lowest BCUT2D eigenvalue weighted by molar-refractivity contribution is -0.166. The SMILES string of the molecule is CC(=O)O[C@H]1CC[C@@]2(C)[C@@H](CC(C#CCO)[C@@H]3[C@@H]2CC[C@]2(C)[C@@H](O)CC[C@@H]32)C1. The van der Waals surface area contributed by atoms with Crippen LogP contribution in [0.3, 0.4) is 0 Å². The van der Waals surface area contributed by atoms with Crippen LogP contribution in [0.2, 0.25) is 0 Å². The van der Waals surface area contributed by atoms with Crippen molar-refractivity contribution in [3.05, 3.63) is 0 Å². The van der Waals surface area contributed by atoms with Gasteiger partial charge in [-0.15, -0.1) is 0 Å². The molecule has 0 aliphatic heterocycles. The molecule has 4 rings (SSSR count). The topological polar surface area (TPSA) is 66.8 Å². The van der Waals surface area contributed by atoms with Crippen molar-refractivity contribution in [1.29, 1.82) is 0 Å². The first-order valence-electron chi connectivity index (χ1n) is 11.2. The Bertz CT molecular complexity index is 678. The summed E-state index contributed by atoms with van der Waals surface area (Å²) in [5.41, 5.74) is 0.298. The molecule has 0 saturated heterocycles. The van der Waals surface area contributed by atoms with Crippen LogP contribution in [0, 0.1) is 52.3 Å². The molecule has 4 heteroatoms. The zero-order valence-electron chi connectivity index (χ0n) is 17.6. The van der Waals surface area contributed by atoms with Crippen molar-refractivity contribution in [1.82, 2.24) is 0 Å². The molecule has 0 radical (unpaired) electrons. The second-order valence-corrected chi connectivity index (χ2v) is 10.5. The monoisotopic (exact) mass is 388 g/mol. The molecular weight excluding hydrogens is 352 g/mol. The van der Waals surface area contributed by atoms with Crippen LogP contribution < -0.4 is 0 Å². The average Bonchev–Trinajstić information content (AvgIpc) is 2.95. The number of hydrogen-bond donors (Lipinski definition) is 2. The maximum atomic E-state index is 11.5. The summed E-state index contributed by atoms with van der Waals surface area (Å²) in [5, 5.41) is 20.1. The maximum Gasteiger partial charge on any atom is 0.302 e. The van der Waals surface area contributed by atoms with Crippen LogP contribution >= 0.6 is 0 Å². The van der Waals surface area contributed by atoms with E-state index in [4.69, 9.17) is 4.74 Å². The van der Waals surface area contributed by atoms with Gasteiger partial charge in [0, 0.05) is 12.8 Å². The Kier molecular flexibility index (Phi) is 5.30. The molecule has 0 amide bonds. The third-order valence-electron chi connectivity index (χ3n) is 9.32. The fourth-order valence-corrected chi connectivity index (χ4v) is 7.87. The highest BCUT2D eigenvalue weighted by molar-refractivity contribution is 5.66. The second-order valence-electron chi connectivity index (χ2n) is 10.5. The molecule has 9 atom stereocenters. The minimum absolute atomic E-state index is 0.0262. The number of carbonyl (C=O) groups is 1. The third kappa shape index (κ3) is 3.10. The number of carbonyl (C=O) groups excluding carboxylic acids is 1. The zero-order valence-corrected chi connectivity index (χ0v) is 17.6. The van der Waals surface area contributed by atoms with Crippen molar-refractivity contribution in [2.24, 2.45) is 40.4 Å². The molecule has 4 aliphatic rings. The Morgan fingerprint density at radius 3 is 2.50 bits per heavy atom. The first kappa shape index (κ1) is 20.2. The van der Waals surface area contributed by atoms with E-state index in [0.29, 0.717) is 23.7 Å². The Labute approximate surface area is 169 Å². The van der Waals surface area contributed by atoms with Crippen LogP contribution in [0.5, 0.6) is 0 Å². The predicted octanol–water partition coefficient (Wildman–Crippen LogP) is 3.54. The van der Waals surface area contributed by atoms with Crippen molar-refractivity contribution in [3.8, 4) is 11.8 Å². The molecule has 4 fully saturated rings. The highest BCUT2D eigenvalue weighted by Crippen LogP contribution is 2.67. The van der Waals surface area contributed by atoms with Gasteiger partial charge >= 0.3 is 5.97 Å². The fraction of sp³-hybridized carbons (Fsp3) is 0.875. The molecule has 1 unspecified atom stereocenters. The summed E-state index contributed by atoms with van der Waals surface area (Å²) in [4.78, 5) is 11.5. The smallest absolute Gasteiger partial charge is 0.302 e. The summed E-state index contributed by atoms with van der Waals surface area (Å²) in [7, 11) is 0. The average molecular weight is 389 g/mol. The standard InChI is InChI=1S/C24H36O4/c1-15(26)28-18-8-10-23(2)17(14-18)13-16(5-4-12-25)22-19-6-7-21(27)24(19,3)11-9-20(22)23/h16-22,25,27H,6-14H2,1-3H3/t16?,17-,18-,19-,20-,21-,22-,23-,24-/m0/s1. The molecule has 4 nitrogen and oxygen atoms in total. The highest BCUT2D eigenvalue weighted by atomic mass is 16.5. The molecule has 0 aromatic carbocycles. The van der Waals surface area contributed by atoms with Crippen molar-refractivity contribution >= 4 is 5.97 Å². The van der Waals surface area contributed by atoms with Crippen molar-refractivity contribution < 1.29 is 19.7 Å². The zero-order chi connectivity index (χ0) is 20.1.